The zero-order valence-corrected chi connectivity index (χ0v) is 19.7. The summed E-state index contributed by atoms with van der Waals surface area (Å²) in [5.41, 5.74) is 3.17. The van der Waals surface area contributed by atoms with E-state index in [1.165, 1.54) is 38.5 Å². The monoisotopic (exact) mass is 416 g/mol. The minimum atomic E-state index is -0.615. The maximum atomic E-state index is 10.1. The number of allylic oxidation sites excluding steroid dienone is 3. The van der Waals surface area contributed by atoms with E-state index in [-0.39, 0.29) is 0 Å². The standard InChI is InChI=1S/C27H44O3/c1-18(8-6-14-26(3,4)30)23-12-13-24-20(9-7-15-27(23,24)5)10-11-21-16-22(28)17-25(29)19(21)2/h10-11,18,22-25,28-30H,2,6-9,12-17H2,1,3-5H3/b20-10?,21-11-/t18-,22-,23?,24+,25?,27-/m1/s1. The van der Waals surface area contributed by atoms with Gasteiger partial charge < -0.3 is 15.3 Å². The predicted molar refractivity (Wildman–Crippen MR) is 124 cm³/mol. The molecule has 3 aliphatic carbocycles. The van der Waals surface area contributed by atoms with Crippen molar-refractivity contribution < 1.29 is 15.3 Å². The first-order chi connectivity index (χ1) is 14.0. The van der Waals surface area contributed by atoms with Crippen LogP contribution in [0.3, 0.4) is 0 Å². The normalized spacial score (nSPS) is 38.8. The summed E-state index contributed by atoms with van der Waals surface area (Å²) < 4.78 is 0. The number of rotatable bonds is 6. The van der Waals surface area contributed by atoms with Crippen LogP contribution >= 0.6 is 0 Å². The van der Waals surface area contributed by atoms with Gasteiger partial charge in [0.05, 0.1) is 17.8 Å². The Bertz CT molecular complexity index is 683. The molecule has 3 fully saturated rings. The van der Waals surface area contributed by atoms with Gasteiger partial charge in [0.25, 0.3) is 0 Å². The molecule has 0 aromatic rings. The first kappa shape index (κ1) is 23.8. The molecular weight excluding hydrogens is 372 g/mol. The van der Waals surface area contributed by atoms with Gasteiger partial charge in [0.15, 0.2) is 0 Å². The number of hydrogen-bond donors (Lipinski definition) is 3. The molecular formula is C27H44O3. The van der Waals surface area contributed by atoms with Crippen molar-refractivity contribution in [1.82, 2.24) is 0 Å². The Morgan fingerprint density at radius 1 is 1.23 bits per heavy atom. The summed E-state index contributed by atoms with van der Waals surface area (Å²) in [6, 6.07) is 0. The first-order valence-electron chi connectivity index (χ1n) is 12.2. The van der Waals surface area contributed by atoms with Crippen LogP contribution in [0.15, 0.2) is 35.5 Å². The zero-order chi connectivity index (χ0) is 22.1. The Hall–Kier alpha value is -0.900. The first-order valence-corrected chi connectivity index (χ1v) is 12.2. The average Bonchev–Trinajstić information content (AvgIpc) is 3.00. The fraction of sp³-hybridized carbons (Fsp3) is 0.778. The van der Waals surface area contributed by atoms with Gasteiger partial charge in [0.2, 0.25) is 0 Å². The molecule has 3 rings (SSSR count). The molecule has 0 aromatic heterocycles. The highest BCUT2D eigenvalue weighted by Gasteiger charge is 2.50. The van der Waals surface area contributed by atoms with Gasteiger partial charge >= 0.3 is 0 Å². The topological polar surface area (TPSA) is 60.7 Å². The molecule has 3 N–H and O–H groups in total. The molecule has 6 atom stereocenters. The molecule has 0 heterocycles. The molecule has 0 aromatic carbocycles. The SMILES string of the molecule is C=C1/C(=C\C=C2CCC[C@]3(C)C([C@H](C)CCCC(C)(C)O)CC[C@@H]23)C[C@@H](O)CC1O. The van der Waals surface area contributed by atoms with Gasteiger partial charge in [0.1, 0.15) is 0 Å². The Morgan fingerprint density at radius 3 is 2.67 bits per heavy atom. The number of aliphatic hydroxyl groups is 3. The summed E-state index contributed by atoms with van der Waals surface area (Å²) in [6.07, 6.45) is 13.9. The molecule has 0 spiro atoms. The zero-order valence-electron chi connectivity index (χ0n) is 19.7. The van der Waals surface area contributed by atoms with Crippen molar-refractivity contribution in [2.24, 2.45) is 23.2 Å². The lowest BCUT2D eigenvalue weighted by atomic mass is 9.60. The second-order valence-electron chi connectivity index (χ2n) is 11.3. The molecule has 0 bridgehead atoms. The van der Waals surface area contributed by atoms with Gasteiger partial charge in [-0.1, -0.05) is 51.0 Å². The Balaban J connectivity index is 1.70. The van der Waals surface area contributed by atoms with Crippen LogP contribution in [0.25, 0.3) is 0 Å². The second kappa shape index (κ2) is 9.30. The second-order valence-corrected chi connectivity index (χ2v) is 11.3. The quantitative estimate of drug-likeness (QED) is 0.520. The van der Waals surface area contributed by atoms with Crippen LogP contribution in [-0.4, -0.2) is 33.1 Å². The molecule has 3 nitrogen and oxygen atoms in total. The lowest BCUT2D eigenvalue weighted by Crippen LogP contribution is -2.36. The molecule has 0 radical (unpaired) electrons. The predicted octanol–water partition coefficient (Wildman–Crippen LogP) is 5.70. The van der Waals surface area contributed by atoms with Crippen LogP contribution in [-0.2, 0) is 0 Å². The van der Waals surface area contributed by atoms with Gasteiger partial charge in [-0.25, -0.2) is 0 Å². The summed E-state index contributed by atoms with van der Waals surface area (Å²) in [5.74, 6) is 2.11. The van der Waals surface area contributed by atoms with E-state index in [2.05, 4.69) is 32.6 Å². The third-order valence-corrected chi connectivity index (χ3v) is 8.44. The highest BCUT2D eigenvalue weighted by Crippen LogP contribution is 2.60. The molecule has 0 aliphatic heterocycles. The summed E-state index contributed by atoms with van der Waals surface area (Å²) in [5, 5.41) is 30.2. The van der Waals surface area contributed by atoms with Crippen molar-refractivity contribution in [1.29, 1.82) is 0 Å². The van der Waals surface area contributed by atoms with E-state index >= 15 is 0 Å². The smallest absolute Gasteiger partial charge is 0.0811 e. The van der Waals surface area contributed by atoms with Gasteiger partial charge in [-0.05, 0) is 93.1 Å². The fourth-order valence-electron chi connectivity index (χ4n) is 6.74. The maximum absolute atomic E-state index is 10.1. The highest BCUT2D eigenvalue weighted by molar-refractivity contribution is 5.38. The molecule has 170 valence electrons. The minimum Gasteiger partial charge on any atom is -0.393 e. The highest BCUT2D eigenvalue weighted by atomic mass is 16.3. The van der Waals surface area contributed by atoms with Crippen LogP contribution in [0.5, 0.6) is 0 Å². The Kier molecular flexibility index (Phi) is 7.37. The summed E-state index contributed by atoms with van der Waals surface area (Å²) >= 11 is 0. The van der Waals surface area contributed by atoms with Crippen molar-refractivity contribution >= 4 is 0 Å². The van der Waals surface area contributed by atoms with Crippen molar-refractivity contribution in [2.45, 2.75) is 110 Å². The Labute approximate surface area is 184 Å². The van der Waals surface area contributed by atoms with E-state index in [1.807, 2.05) is 13.8 Å². The molecule has 2 unspecified atom stereocenters. The van der Waals surface area contributed by atoms with E-state index in [0.29, 0.717) is 30.1 Å². The summed E-state index contributed by atoms with van der Waals surface area (Å²) in [4.78, 5) is 0. The molecule has 0 saturated heterocycles. The van der Waals surface area contributed by atoms with Crippen molar-refractivity contribution in [3.05, 3.63) is 35.5 Å². The average molecular weight is 417 g/mol. The van der Waals surface area contributed by atoms with Gasteiger partial charge in [-0.15, -0.1) is 0 Å². The van der Waals surface area contributed by atoms with Crippen LogP contribution in [0.4, 0.5) is 0 Å². The van der Waals surface area contributed by atoms with Crippen LogP contribution in [0.1, 0.15) is 91.9 Å². The van der Waals surface area contributed by atoms with E-state index in [0.717, 1.165) is 29.9 Å². The minimum absolute atomic E-state index is 0.374. The molecule has 0 amide bonds. The Morgan fingerprint density at radius 2 is 1.97 bits per heavy atom. The number of aliphatic hydroxyl groups excluding tert-OH is 2. The van der Waals surface area contributed by atoms with Gasteiger partial charge in [0, 0.05) is 6.42 Å². The van der Waals surface area contributed by atoms with E-state index < -0.39 is 17.8 Å². The van der Waals surface area contributed by atoms with Gasteiger partial charge in [-0.2, -0.15) is 0 Å². The van der Waals surface area contributed by atoms with E-state index in [4.69, 9.17) is 0 Å². The third-order valence-electron chi connectivity index (χ3n) is 8.44. The summed E-state index contributed by atoms with van der Waals surface area (Å²) in [7, 11) is 0. The molecule has 3 aliphatic rings. The van der Waals surface area contributed by atoms with Crippen LogP contribution < -0.4 is 0 Å². The van der Waals surface area contributed by atoms with Crippen LogP contribution in [0.2, 0.25) is 0 Å². The largest absolute Gasteiger partial charge is 0.393 e. The fourth-order valence-corrected chi connectivity index (χ4v) is 6.74. The lowest BCUT2D eigenvalue weighted by molar-refractivity contribution is 0.0596. The molecule has 30 heavy (non-hydrogen) atoms. The maximum Gasteiger partial charge on any atom is 0.0811 e. The lowest BCUT2D eigenvalue weighted by Gasteiger charge is -2.44. The van der Waals surface area contributed by atoms with Crippen molar-refractivity contribution in [2.75, 3.05) is 0 Å². The number of hydrogen-bond acceptors (Lipinski definition) is 3. The molecule has 3 saturated carbocycles. The van der Waals surface area contributed by atoms with Crippen molar-refractivity contribution in [3.8, 4) is 0 Å². The molecule has 3 heteroatoms. The number of fused-ring (bicyclic) bond motifs is 1. The van der Waals surface area contributed by atoms with E-state index in [1.54, 1.807) is 5.57 Å². The van der Waals surface area contributed by atoms with E-state index in [9.17, 15) is 15.3 Å². The van der Waals surface area contributed by atoms with Gasteiger partial charge in [-0.3, -0.25) is 0 Å². The third kappa shape index (κ3) is 5.29. The van der Waals surface area contributed by atoms with Crippen molar-refractivity contribution in [3.63, 3.8) is 0 Å². The van der Waals surface area contributed by atoms with Crippen LogP contribution in [0, 0.1) is 23.2 Å². The summed E-state index contributed by atoms with van der Waals surface area (Å²) in [6.45, 7) is 12.8.